The zero-order valence-corrected chi connectivity index (χ0v) is 18.4. The first kappa shape index (κ1) is 21.5. The lowest BCUT2D eigenvalue weighted by atomic mass is 10.00. The lowest BCUT2D eigenvalue weighted by Gasteiger charge is -2.41. The van der Waals surface area contributed by atoms with E-state index in [0.717, 1.165) is 24.0 Å². The Labute approximate surface area is 182 Å². The molecule has 8 heteroatoms. The third kappa shape index (κ3) is 4.09. The number of aliphatic hydroxyl groups excluding tert-OH is 1. The Morgan fingerprint density at radius 1 is 1.03 bits per heavy atom. The molecule has 1 saturated carbocycles. The van der Waals surface area contributed by atoms with Crippen LogP contribution in [0.1, 0.15) is 26.7 Å². The maximum Gasteiger partial charge on any atom is 0.230 e. The monoisotopic (exact) mass is 442 g/mol. The maximum atomic E-state index is 12.9. The number of nitrogens with zero attached hydrogens (tertiary/aromatic N) is 2. The summed E-state index contributed by atoms with van der Waals surface area (Å²) >= 11 is 0. The molecule has 1 aliphatic carbocycles. The molecule has 1 aliphatic heterocycles. The molecule has 0 radical (unpaired) electrons. The minimum atomic E-state index is -3.52. The molecule has 1 N–H and O–H groups in total. The van der Waals surface area contributed by atoms with E-state index in [9.17, 15) is 18.0 Å². The van der Waals surface area contributed by atoms with E-state index in [2.05, 4.69) is 0 Å². The maximum absolute atomic E-state index is 12.9. The van der Waals surface area contributed by atoms with Gasteiger partial charge in [0.25, 0.3) is 0 Å². The van der Waals surface area contributed by atoms with Gasteiger partial charge in [-0.3, -0.25) is 9.59 Å². The molecule has 1 fully saturated rings. The first-order valence-electron chi connectivity index (χ1n) is 10.4. The first-order chi connectivity index (χ1) is 14.7. The highest BCUT2D eigenvalue weighted by atomic mass is 32.2. The number of aliphatic hydroxyl groups is 1. The molecule has 2 aromatic carbocycles. The largest absolute Gasteiger partial charge is 0.395 e. The third-order valence-electron chi connectivity index (χ3n) is 5.85. The molecule has 1 heterocycles. The number of benzene rings is 2. The molecule has 164 valence electrons. The number of rotatable bonds is 5. The van der Waals surface area contributed by atoms with Crippen molar-refractivity contribution in [2.24, 2.45) is 5.92 Å². The van der Waals surface area contributed by atoms with Crippen molar-refractivity contribution in [2.75, 3.05) is 28.7 Å². The van der Waals surface area contributed by atoms with Gasteiger partial charge in [-0.25, -0.2) is 8.42 Å². The number of sulfone groups is 1. The van der Waals surface area contributed by atoms with E-state index in [1.165, 1.54) is 19.1 Å². The van der Waals surface area contributed by atoms with Crippen molar-refractivity contribution in [1.82, 2.24) is 0 Å². The van der Waals surface area contributed by atoms with Gasteiger partial charge in [-0.05, 0) is 55.2 Å². The van der Waals surface area contributed by atoms with E-state index in [4.69, 9.17) is 5.11 Å². The van der Waals surface area contributed by atoms with Crippen molar-refractivity contribution in [1.29, 1.82) is 0 Å². The summed E-state index contributed by atoms with van der Waals surface area (Å²) in [5, 5.41) is 8.96. The second kappa shape index (κ2) is 8.09. The van der Waals surface area contributed by atoms with Gasteiger partial charge >= 0.3 is 0 Å². The molecule has 2 aliphatic rings. The van der Waals surface area contributed by atoms with Crippen LogP contribution in [-0.4, -0.2) is 50.3 Å². The molecule has 4 rings (SSSR count). The van der Waals surface area contributed by atoms with Gasteiger partial charge in [0, 0.05) is 19.4 Å². The Morgan fingerprint density at radius 3 is 2.26 bits per heavy atom. The van der Waals surface area contributed by atoms with E-state index in [-0.39, 0.29) is 34.4 Å². The van der Waals surface area contributed by atoms with Gasteiger partial charge in [0.15, 0.2) is 9.84 Å². The number of amides is 2. The second-order valence-electron chi connectivity index (χ2n) is 8.23. The molecule has 2 aromatic rings. The molecule has 7 nitrogen and oxygen atoms in total. The van der Waals surface area contributed by atoms with Crippen molar-refractivity contribution < 1.29 is 23.1 Å². The number of carbonyl (C=O) groups excluding carboxylic acids is 2. The molecular formula is C23H26N2O5S. The highest BCUT2D eigenvalue weighted by Crippen LogP contribution is 2.42. The number of hydrogen-bond donors (Lipinski definition) is 1. The highest BCUT2D eigenvalue weighted by molar-refractivity contribution is 7.91. The molecule has 1 atom stereocenters. The first-order valence-corrected chi connectivity index (χ1v) is 12.1. The second-order valence-corrected chi connectivity index (χ2v) is 10.3. The summed E-state index contributed by atoms with van der Waals surface area (Å²) in [5.74, 6) is -0.233. The summed E-state index contributed by atoms with van der Waals surface area (Å²) in [5.41, 5.74) is 3.06. The minimum absolute atomic E-state index is 0.0589. The van der Waals surface area contributed by atoms with Gasteiger partial charge in [-0.2, -0.15) is 0 Å². The van der Waals surface area contributed by atoms with Crippen LogP contribution in [0.25, 0.3) is 11.1 Å². The Kier molecular flexibility index (Phi) is 5.61. The van der Waals surface area contributed by atoms with Crippen LogP contribution in [0.3, 0.4) is 0 Å². The van der Waals surface area contributed by atoms with Crippen LogP contribution < -0.4 is 9.80 Å². The van der Waals surface area contributed by atoms with E-state index >= 15 is 0 Å². The van der Waals surface area contributed by atoms with E-state index < -0.39 is 16.4 Å². The predicted molar refractivity (Wildman–Crippen MR) is 119 cm³/mol. The third-order valence-corrected chi connectivity index (χ3v) is 7.56. The van der Waals surface area contributed by atoms with Crippen molar-refractivity contribution in [3.8, 4) is 11.1 Å². The van der Waals surface area contributed by atoms with Gasteiger partial charge in [-0.1, -0.05) is 18.2 Å². The normalized spacial score (nSPS) is 18.6. The van der Waals surface area contributed by atoms with Crippen LogP contribution >= 0.6 is 0 Å². The Balaban J connectivity index is 1.74. The van der Waals surface area contributed by atoms with Gasteiger partial charge in [0.05, 0.1) is 34.7 Å². The Morgan fingerprint density at radius 2 is 1.68 bits per heavy atom. The van der Waals surface area contributed by atoms with Crippen LogP contribution in [-0.2, 0) is 19.4 Å². The van der Waals surface area contributed by atoms with Crippen molar-refractivity contribution in [3.05, 3.63) is 42.5 Å². The minimum Gasteiger partial charge on any atom is -0.395 e. The van der Waals surface area contributed by atoms with E-state index in [0.29, 0.717) is 17.9 Å². The molecule has 2 amide bonds. The zero-order chi connectivity index (χ0) is 22.3. The molecule has 31 heavy (non-hydrogen) atoms. The number of carbonyl (C=O) groups is 2. The number of fused-ring (bicyclic) bond motifs is 1. The molecule has 0 bridgehead atoms. The fourth-order valence-corrected chi connectivity index (χ4v) is 5.16. The SMILES string of the molecule is CC(=O)N1c2ccc(-c3ccc(S(=O)(=O)CCO)cc3)cc2N(C(=O)C2CC2)CC1C. The standard InChI is InChI=1S/C23H26N2O5S/c1-15-14-24(23(28)18-3-4-18)22-13-19(7-10-21(22)25(15)16(2)27)17-5-8-20(9-6-17)31(29,30)12-11-26/h5-10,13,15,18,26H,3-4,11-12,14H2,1-2H3. The molecule has 0 saturated heterocycles. The van der Waals surface area contributed by atoms with Gasteiger partial charge in [-0.15, -0.1) is 0 Å². The van der Waals surface area contributed by atoms with E-state index in [1.54, 1.807) is 21.9 Å². The van der Waals surface area contributed by atoms with Crippen LogP contribution in [0.5, 0.6) is 0 Å². The summed E-state index contributed by atoms with van der Waals surface area (Å²) in [6, 6.07) is 12.0. The van der Waals surface area contributed by atoms with E-state index in [1.807, 2.05) is 25.1 Å². The fraction of sp³-hybridized carbons (Fsp3) is 0.391. The number of anilines is 2. The average Bonchev–Trinajstić information content (AvgIpc) is 3.57. The van der Waals surface area contributed by atoms with Gasteiger partial charge < -0.3 is 14.9 Å². The van der Waals surface area contributed by atoms with Crippen molar-refractivity contribution in [3.63, 3.8) is 0 Å². The van der Waals surface area contributed by atoms with Crippen LogP contribution in [0.2, 0.25) is 0 Å². The van der Waals surface area contributed by atoms with Crippen LogP contribution in [0.4, 0.5) is 11.4 Å². The predicted octanol–water partition coefficient (Wildman–Crippen LogP) is 2.62. The zero-order valence-electron chi connectivity index (χ0n) is 17.6. The van der Waals surface area contributed by atoms with Crippen molar-refractivity contribution in [2.45, 2.75) is 37.6 Å². The Hall–Kier alpha value is -2.71. The quantitative estimate of drug-likeness (QED) is 0.768. The lowest BCUT2D eigenvalue weighted by Crippen LogP contribution is -2.51. The number of hydrogen-bond acceptors (Lipinski definition) is 5. The molecular weight excluding hydrogens is 416 g/mol. The fourth-order valence-electron chi connectivity index (χ4n) is 4.14. The summed E-state index contributed by atoms with van der Waals surface area (Å²) in [7, 11) is -3.52. The average molecular weight is 443 g/mol. The topological polar surface area (TPSA) is 95.0 Å². The lowest BCUT2D eigenvalue weighted by molar-refractivity contribution is -0.120. The summed E-state index contributed by atoms with van der Waals surface area (Å²) in [4.78, 5) is 28.9. The van der Waals surface area contributed by atoms with Gasteiger partial charge in [0.1, 0.15) is 0 Å². The van der Waals surface area contributed by atoms with Crippen molar-refractivity contribution >= 4 is 33.0 Å². The highest BCUT2D eigenvalue weighted by Gasteiger charge is 2.39. The smallest absolute Gasteiger partial charge is 0.230 e. The summed E-state index contributed by atoms with van der Waals surface area (Å²) in [6.45, 7) is 3.49. The molecule has 1 unspecified atom stereocenters. The molecule has 0 aromatic heterocycles. The summed E-state index contributed by atoms with van der Waals surface area (Å²) < 4.78 is 24.3. The van der Waals surface area contributed by atoms with Crippen LogP contribution in [0, 0.1) is 5.92 Å². The Bertz CT molecular complexity index is 1120. The summed E-state index contributed by atoms with van der Waals surface area (Å²) in [6.07, 6.45) is 1.80. The van der Waals surface area contributed by atoms with Crippen LogP contribution in [0.15, 0.2) is 47.4 Å². The molecule has 0 spiro atoms. The van der Waals surface area contributed by atoms with Gasteiger partial charge in [0.2, 0.25) is 11.8 Å².